The standard InChI is InChI=1S/C22H15ClN2O3/c1-13-2-4-15(22-25-18-10-16(23)5-7-19(18)28-22)9-17(13)24-11-14-3-6-20-21(8-14)27-12-26-20/h2-11H,12H2,1H3. The molecule has 28 heavy (non-hydrogen) atoms. The van der Waals surface area contributed by atoms with Gasteiger partial charge in [-0.25, -0.2) is 4.98 Å². The first-order chi connectivity index (χ1) is 13.7. The van der Waals surface area contributed by atoms with Gasteiger partial charge in [0, 0.05) is 16.8 Å². The lowest BCUT2D eigenvalue weighted by atomic mass is 10.1. The van der Waals surface area contributed by atoms with Crippen LogP contribution in [0.5, 0.6) is 11.5 Å². The summed E-state index contributed by atoms with van der Waals surface area (Å²) in [5.74, 6) is 2.03. The Morgan fingerprint density at radius 2 is 1.89 bits per heavy atom. The summed E-state index contributed by atoms with van der Waals surface area (Å²) in [4.78, 5) is 9.18. The Balaban J connectivity index is 1.48. The van der Waals surface area contributed by atoms with Crippen molar-refractivity contribution in [2.24, 2.45) is 4.99 Å². The van der Waals surface area contributed by atoms with Gasteiger partial charge in [0.15, 0.2) is 17.1 Å². The van der Waals surface area contributed by atoms with Gasteiger partial charge in [-0.3, -0.25) is 4.99 Å². The van der Waals surface area contributed by atoms with Gasteiger partial charge in [0.25, 0.3) is 0 Å². The van der Waals surface area contributed by atoms with Crippen molar-refractivity contribution >= 4 is 34.6 Å². The van der Waals surface area contributed by atoms with Crippen LogP contribution >= 0.6 is 11.6 Å². The summed E-state index contributed by atoms with van der Waals surface area (Å²) in [7, 11) is 0. The van der Waals surface area contributed by atoms with E-state index in [4.69, 9.17) is 25.5 Å². The number of nitrogens with zero attached hydrogens (tertiary/aromatic N) is 2. The molecule has 6 heteroatoms. The van der Waals surface area contributed by atoms with E-state index in [1.54, 1.807) is 18.3 Å². The zero-order valence-electron chi connectivity index (χ0n) is 15.0. The largest absolute Gasteiger partial charge is 0.454 e. The summed E-state index contributed by atoms with van der Waals surface area (Å²) in [6, 6.07) is 17.1. The molecule has 0 spiro atoms. The second kappa shape index (κ2) is 6.69. The normalized spacial score (nSPS) is 12.9. The molecule has 3 aromatic carbocycles. The van der Waals surface area contributed by atoms with Crippen molar-refractivity contribution in [2.45, 2.75) is 6.92 Å². The van der Waals surface area contributed by atoms with E-state index in [1.807, 2.05) is 49.4 Å². The van der Waals surface area contributed by atoms with Crippen molar-refractivity contribution in [3.63, 3.8) is 0 Å². The van der Waals surface area contributed by atoms with Gasteiger partial charge < -0.3 is 13.9 Å². The maximum Gasteiger partial charge on any atom is 0.231 e. The van der Waals surface area contributed by atoms with E-state index in [2.05, 4.69) is 9.98 Å². The maximum atomic E-state index is 6.04. The Bertz CT molecular complexity index is 1230. The van der Waals surface area contributed by atoms with Crippen LogP contribution in [0.1, 0.15) is 11.1 Å². The molecule has 0 amide bonds. The van der Waals surface area contributed by atoms with Gasteiger partial charge in [0.2, 0.25) is 12.7 Å². The van der Waals surface area contributed by atoms with Gasteiger partial charge >= 0.3 is 0 Å². The van der Waals surface area contributed by atoms with Crippen LogP contribution in [0.2, 0.25) is 5.02 Å². The summed E-state index contributed by atoms with van der Waals surface area (Å²) in [5.41, 5.74) is 5.12. The number of rotatable bonds is 3. The van der Waals surface area contributed by atoms with Crippen LogP contribution in [0.4, 0.5) is 5.69 Å². The van der Waals surface area contributed by atoms with Crippen molar-refractivity contribution in [3.05, 3.63) is 70.7 Å². The van der Waals surface area contributed by atoms with Crippen LogP contribution in [0.15, 0.2) is 64.0 Å². The molecule has 5 nitrogen and oxygen atoms in total. The van der Waals surface area contributed by atoms with Crippen molar-refractivity contribution in [1.82, 2.24) is 4.98 Å². The highest BCUT2D eigenvalue weighted by Crippen LogP contribution is 2.33. The lowest BCUT2D eigenvalue weighted by Crippen LogP contribution is -1.92. The molecule has 1 aliphatic heterocycles. The van der Waals surface area contributed by atoms with Crippen LogP contribution in [0.3, 0.4) is 0 Å². The highest BCUT2D eigenvalue weighted by atomic mass is 35.5. The fraction of sp³-hybridized carbons (Fsp3) is 0.0909. The third-order valence-electron chi connectivity index (χ3n) is 4.56. The van der Waals surface area contributed by atoms with Gasteiger partial charge in [-0.05, 0) is 66.6 Å². The van der Waals surface area contributed by atoms with Crippen LogP contribution in [0.25, 0.3) is 22.6 Å². The first-order valence-electron chi connectivity index (χ1n) is 8.76. The Kier molecular flexibility index (Phi) is 4.02. The van der Waals surface area contributed by atoms with E-state index in [0.29, 0.717) is 16.5 Å². The van der Waals surface area contributed by atoms with E-state index < -0.39 is 0 Å². The van der Waals surface area contributed by atoms with Crippen LogP contribution in [-0.4, -0.2) is 18.0 Å². The van der Waals surface area contributed by atoms with Gasteiger partial charge in [0.1, 0.15) is 5.52 Å². The van der Waals surface area contributed by atoms with E-state index in [1.165, 1.54) is 0 Å². The molecular weight excluding hydrogens is 376 g/mol. The quantitative estimate of drug-likeness (QED) is 0.406. The fourth-order valence-electron chi connectivity index (χ4n) is 3.04. The van der Waals surface area contributed by atoms with Crippen molar-refractivity contribution in [3.8, 4) is 23.0 Å². The van der Waals surface area contributed by atoms with Gasteiger partial charge in [-0.2, -0.15) is 0 Å². The lowest BCUT2D eigenvalue weighted by molar-refractivity contribution is 0.174. The van der Waals surface area contributed by atoms with E-state index in [-0.39, 0.29) is 6.79 Å². The molecule has 0 saturated carbocycles. The molecule has 0 aliphatic carbocycles. The Morgan fingerprint density at radius 3 is 2.82 bits per heavy atom. The number of ether oxygens (including phenoxy) is 2. The molecule has 5 rings (SSSR count). The second-order valence-electron chi connectivity index (χ2n) is 6.50. The molecule has 0 radical (unpaired) electrons. The highest BCUT2D eigenvalue weighted by Gasteiger charge is 2.13. The molecule has 0 bridgehead atoms. The monoisotopic (exact) mass is 390 g/mol. The van der Waals surface area contributed by atoms with Gasteiger partial charge in [0.05, 0.1) is 5.69 Å². The molecule has 0 fully saturated rings. The maximum absolute atomic E-state index is 6.04. The molecule has 1 aromatic heterocycles. The van der Waals surface area contributed by atoms with E-state index in [0.717, 1.165) is 39.4 Å². The number of aromatic nitrogens is 1. The Hall–Kier alpha value is -3.31. The molecule has 4 aromatic rings. The number of benzene rings is 3. The van der Waals surface area contributed by atoms with Crippen LogP contribution < -0.4 is 9.47 Å². The first-order valence-corrected chi connectivity index (χ1v) is 9.14. The summed E-state index contributed by atoms with van der Waals surface area (Å²) >= 11 is 6.04. The number of halogens is 1. The van der Waals surface area contributed by atoms with Gasteiger partial charge in [-0.1, -0.05) is 17.7 Å². The third-order valence-corrected chi connectivity index (χ3v) is 4.79. The highest BCUT2D eigenvalue weighted by molar-refractivity contribution is 6.31. The summed E-state index contributed by atoms with van der Waals surface area (Å²) in [6.07, 6.45) is 1.81. The van der Waals surface area contributed by atoms with Crippen LogP contribution in [-0.2, 0) is 0 Å². The van der Waals surface area contributed by atoms with Gasteiger partial charge in [-0.15, -0.1) is 0 Å². The Labute approximate surface area is 166 Å². The summed E-state index contributed by atoms with van der Waals surface area (Å²) in [5, 5.41) is 0.630. The molecule has 0 unspecified atom stereocenters. The second-order valence-corrected chi connectivity index (χ2v) is 6.94. The first kappa shape index (κ1) is 16.8. The molecular formula is C22H15ClN2O3. The predicted octanol–water partition coefficient (Wildman–Crippen LogP) is 5.94. The summed E-state index contributed by atoms with van der Waals surface area (Å²) < 4.78 is 16.6. The smallest absolute Gasteiger partial charge is 0.231 e. The zero-order valence-corrected chi connectivity index (χ0v) is 15.7. The minimum atomic E-state index is 0.257. The number of aryl methyl sites for hydroxylation is 1. The average Bonchev–Trinajstić information content (AvgIpc) is 3.33. The van der Waals surface area contributed by atoms with Crippen molar-refractivity contribution < 1.29 is 13.9 Å². The van der Waals surface area contributed by atoms with Crippen molar-refractivity contribution in [2.75, 3.05) is 6.79 Å². The molecule has 0 saturated heterocycles. The number of hydrogen-bond acceptors (Lipinski definition) is 5. The Morgan fingerprint density at radius 1 is 1.00 bits per heavy atom. The molecule has 1 aliphatic rings. The minimum absolute atomic E-state index is 0.257. The van der Waals surface area contributed by atoms with Crippen LogP contribution in [0, 0.1) is 6.92 Å². The number of hydrogen-bond donors (Lipinski definition) is 0. The molecule has 138 valence electrons. The topological polar surface area (TPSA) is 56.9 Å². The average molecular weight is 391 g/mol. The zero-order chi connectivity index (χ0) is 19.1. The number of oxazole rings is 1. The fourth-order valence-corrected chi connectivity index (χ4v) is 3.21. The minimum Gasteiger partial charge on any atom is -0.454 e. The number of fused-ring (bicyclic) bond motifs is 2. The molecule has 0 atom stereocenters. The SMILES string of the molecule is Cc1ccc(-c2nc3cc(Cl)ccc3o2)cc1N=Cc1ccc2c(c1)OCO2. The molecule has 2 heterocycles. The number of aliphatic imine (C=N–C) groups is 1. The molecule has 0 N–H and O–H groups in total. The van der Waals surface area contributed by atoms with E-state index >= 15 is 0 Å². The summed E-state index contributed by atoms with van der Waals surface area (Å²) in [6.45, 7) is 2.27. The van der Waals surface area contributed by atoms with Crippen molar-refractivity contribution in [1.29, 1.82) is 0 Å². The van der Waals surface area contributed by atoms with E-state index in [9.17, 15) is 0 Å². The predicted molar refractivity (Wildman–Crippen MR) is 109 cm³/mol. The lowest BCUT2D eigenvalue weighted by Gasteiger charge is -2.03. The third kappa shape index (κ3) is 3.10.